The average molecular weight is 373 g/mol. The Morgan fingerprint density at radius 1 is 1.19 bits per heavy atom. The highest BCUT2D eigenvalue weighted by Crippen LogP contribution is 2.42. The molecular formula is C21H31N3O3. The van der Waals surface area contributed by atoms with Gasteiger partial charge in [0.05, 0.1) is 12.1 Å². The van der Waals surface area contributed by atoms with Crippen molar-refractivity contribution in [3.63, 3.8) is 0 Å². The van der Waals surface area contributed by atoms with Crippen LogP contribution in [0.4, 0.5) is 0 Å². The van der Waals surface area contributed by atoms with Gasteiger partial charge in [-0.1, -0.05) is 19.1 Å². The number of likely N-dealkylation sites (tertiary alicyclic amines) is 2. The lowest BCUT2D eigenvalue weighted by atomic mass is 9.69. The van der Waals surface area contributed by atoms with Crippen LogP contribution in [0.5, 0.6) is 0 Å². The molecule has 0 bridgehead atoms. The molecule has 2 fully saturated rings. The maximum absolute atomic E-state index is 12.3. The summed E-state index contributed by atoms with van der Waals surface area (Å²) < 4.78 is 7.12. The van der Waals surface area contributed by atoms with Gasteiger partial charge in [-0.3, -0.25) is 9.47 Å². The maximum atomic E-state index is 12.3. The van der Waals surface area contributed by atoms with Crippen LogP contribution in [0.3, 0.4) is 0 Å². The minimum absolute atomic E-state index is 0.0198. The molecule has 2 aliphatic heterocycles. The lowest BCUT2D eigenvalue weighted by Gasteiger charge is -2.54. The molecule has 1 aromatic carbocycles. The summed E-state index contributed by atoms with van der Waals surface area (Å²) >= 11 is 0. The van der Waals surface area contributed by atoms with Crippen LogP contribution in [0.15, 0.2) is 33.5 Å². The van der Waals surface area contributed by atoms with Crippen molar-refractivity contribution in [2.45, 2.75) is 45.2 Å². The smallest absolute Gasteiger partial charge is 0.408 e. The molecule has 4 rings (SSSR count). The standard InChI is InChI=1S/C21H31N3O3/c1-2-10-22-12-9-21(16-25)8-5-11-23(19(21)15-22)13-14-24-17-6-3-4-7-18(17)27-20(24)26/h3-4,6-7,19,25H,2,5,8-16H2,1H3/t19-,21-/m1/s1. The molecule has 3 heterocycles. The Balaban J connectivity index is 1.53. The zero-order chi connectivity index (χ0) is 18.9. The van der Waals surface area contributed by atoms with Crippen LogP contribution in [0.1, 0.15) is 32.6 Å². The third kappa shape index (κ3) is 3.46. The summed E-state index contributed by atoms with van der Waals surface area (Å²) in [5, 5.41) is 10.2. The van der Waals surface area contributed by atoms with Crippen LogP contribution < -0.4 is 5.76 Å². The van der Waals surface area contributed by atoms with Gasteiger partial charge in [0.15, 0.2) is 5.58 Å². The molecule has 0 spiro atoms. The number of para-hydroxylation sites is 2. The molecule has 6 heteroatoms. The Labute approximate surface area is 160 Å². The Morgan fingerprint density at radius 3 is 2.85 bits per heavy atom. The molecule has 0 radical (unpaired) electrons. The third-order valence-electron chi connectivity index (χ3n) is 6.66. The average Bonchev–Trinajstić information content (AvgIpc) is 3.01. The highest BCUT2D eigenvalue weighted by atomic mass is 16.4. The van der Waals surface area contributed by atoms with Gasteiger partial charge in [0.25, 0.3) is 0 Å². The second-order valence-electron chi connectivity index (χ2n) is 8.21. The first-order valence-electron chi connectivity index (χ1n) is 10.3. The van der Waals surface area contributed by atoms with E-state index in [4.69, 9.17) is 4.42 Å². The zero-order valence-electron chi connectivity index (χ0n) is 16.3. The van der Waals surface area contributed by atoms with Crippen molar-refractivity contribution in [3.8, 4) is 0 Å². The fourth-order valence-corrected chi connectivity index (χ4v) is 5.17. The topological polar surface area (TPSA) is 61.9 Å². The molecule has 2 atom stereocenters. The molecule has 2 aliphatic rings. The molecule has 1 N–H and O–H groups in total. The van der Waals surface area contributed by atoms with E-state index in [-0.39, 0.29) is 17.8 Å². The summed E-state index contributed by atoms with van der Waals surface area (Å²) in [4.78, 5) is 17.3. The molecule has 2 saturated heterocycles. The highest BCUT2D eigenvalue weighted by Gasteiger charge is 2.47. The predicted molar refractivity (Wildman–Crippen MR) is 106 cm³/mol. The molecular weight excluding hydrogens is 342 g/mol. The van der Waals surface area contributed by atoms with Gasteiger partial charge in [0.2, 0.25) is 0 Å². The summed E-state index contributed by atoms with van der Waals surface area (Å²) in [7, 11) is 0. The molecule has 0 amide bonds. The summed E-state index contributed by atoms with van der Waals surface area (Å²) in [6.07, 6.45) is 4.46. The van der Waals surface area contributed by atoms with Gasteiger partial charge in [-0.05, 0) is 57.5 Å². The quantitative estimate of drug-likeness (QED) is 0.841. The minimum atomic E-state index is -0.280. The highest BCUT2D eigenvalue weighted by molar-refractivity contribution is 5.72. The molecule has 0 unspecified atom stereocenters. The van der Waals surface area contributed by atoms with Gasteiger partial charge in [0.1, 0.15) is 0 Å². The van der Waals surface area contributed by atoms with Crippen LogP contribution in [0.25, 0.3) is 11.1 Å². The van der Waals surface area contributed by atoms with Crippen molar-refractivity contribution in [3.05, 3.63) is 34.8 Å². The second-order valence-corrected chi connectivity index (χ2v) is 8.21. The van der Waals surface area contributed by atoms with Crippen molar-refractivity contribution in [2.24, 2.45) is 5.41 Å². The maximum Gasteiger partial charge on any atom is 0.419 e. The molecule has 0 saturated carbocycles. The van der Waals surface area contributed by atoms with Crippen LogP contribution in [0.2, 0.25) is 0 Å². The van der Waals surface area contributed by atoms with Crippen molar-refractivity contribution in [1.82, 2.24) is 14.4 Å². The van der Waals surface area contributed by atoms with Crippen LogP contribution >= 0.6 is 0 Å². The first-order valence-corrected chi connectivity index (χ1v) is 10.3. The number of piperidine rings is 2. The number of benzene rings is 1. The van der Waals surface area contributed by atoms with Crippen LogP contribution in [-0.2, 0) is 6.54 Å². The van der Waals surface area contributed by atoms with Crippen molar-refractivity contribution in [1.29, 1.82) is 0 Å². The van der Waals surface area contributed by atoms with E-state index in [9.17, 15) is 9.90 Å². The Bertz CT molecular complexity index is 829. The van der Waals surface area contributed by atoms with E-state index in [2.05, 4.69) is 16.7 Å². The summed E-state index contributed by atoms with van der Waals surface area (Å²) in [5.41, 5.74) is 1.54. The van der Waals surface area contributed by atoms with Gasteiger partial charge >= 0.3 is 5.76 Å². The number of hydrogen-bond donors (Lipinski definition) is 1. The van der Waals surface area contributed by atoms with Crippen LogP contribution in [0, 0.1) is 5.41 Å². The van der Waals surface area contributed by atoms with Gasteiger partial charge in [-0.25, -0.2) is 4.79 Å². The number of rotatable bonds is 6. The van der Waals surface area contributed by atoms with Crippen molar-refractivity contribution >= 4 is 11.1 Å². The van der Waals surface area contributed by atoms with E-state index in [1.165, 1.54) is 0 Å². The second kappa shape index (κ2) is 7.78. The molecule has 148 valence electrons. The van der Waals surface area contributed by atoms with E-state index in [1.54, 1.807) is 4.57 Å². The molecule has 1 aromatic heterocycles. The largest absolute Gasteiger partial charge is 0.419 e. The summed E-state index contributed by atoms with van der Waals surface area (Å²) in [6, 6.07) is 7.98. The predicted octanol–water partition coefficient (Wildman–Crippen LogP) is 2.15. The Kier molecular flexibility index (Phi) is 5.39. The van der Waals surface area contributed by atoms with Gasteiger partial charge in [-0.2, -0.15) is 0 Å². The number of fused-ring (bicyclic) bond motifs is 2. The zero-order valence-corrected chi connectivity index (χ0v) is 16.3. The van der Waals surface area contributed by atoms with E-state index in [0.717, 1.165) is 63.9 Å². The molecule has 0 aliphatic carbocycles. The van der Waals surface area contributed by atoms with E-state index < -0.39 is 0 Å². The van der Waals surface area contributed by atoms with Crippen LogP contribution in [-0.4, -0.2) is 64.8 Å². The van der Waals surface area contributed by atoms with Gasteiger partial charge in [-0.15, -0.1) is 0 Å². The lowest BCUT2D eigenvalue weighted by molar-refractivity contribution is -0.0767. The summed E-state index contributed by atoms with van der Waals surface area (Å²) in [5.74, 6) is -0.280. The van der Waals surface area contributed by atoms with Gasteiger partial charge < -0.3 is 14.4 Å². The SMILES string of the molecule is CCCN1CC[C@@]2(CO)CCCN(CCn3c(=O)oc4ccccc43)[C@@H]2C1. The lowest BCUT2D eigenvalue weighted by Crippen LogP contribution is -2.63. The monoisotopic (exact) mass is 373 g/mol. The number of aliphatic hydroxyl groups is 1. The van der Waals surface area contributed by atoms with E-state index in [0.29, 0.717) is 18.2 Å². The number of hydrogen-bond acceptors (Lipinski definition) is 5. The minimum Gasteiger partial charge on any atom is -0.408 e. The Morgan fingerprint density at radius 2 is 2.04 bits per heavy atom. The normalized spacial score (nSPS) is 27.1. The number of aromatic nitrogens is 1. The molecule has 2 aromatic rings. The van der Waals surface area contributed by atoms with Crippen molar-refractivity contribution in [2.75, 3.05) is 39.3 Å². The fourth-order valence-electron chi connectivity index (χ4n) is 5.17. The third-order valence-corrected chi connectivity index (χ3v) is 6.66. The first-order chi connectivity index (χ1) is 13.2. The molecule has 27 heavy (non-hydrogen) atoms. The fraction of sp³-hybridized carbons (Fsp3) is 0.667. The number of nitrogens with zero attached hydrogens (tertiary/aromatic N) is 3. The number of oxazole rings is 1. The van der Waals surface area contributed by atoms with Gasteiger partial charge in [0, 0.05) is 31.1 Å². The number of aliphatic hydroxyl groups excluding tert-OH is 1. The summed E-state index contributed by atoms with van der Waals surface area (Å²) in [6.45, 7) is 8.21. The van der Waals surface area contributed by atoms with E-state index in [1.807, 2.05) is 24.3 Å². The van der Waals surface area contributed by atoms with Crippen molar-refractivity contribution < 1.29 is 9.52 Å². The van der Waals surface area contributed by atoms with E-state index >= 15 is 0 Å². The Hall–Kier alpha value is -1.63. The first kappa shape index (κ1) is 18.7. The molecule has 6 nitrogen and oxygen atoms in total.